The number of allylic oxidation sites excluding steroid dienone is 13. The van der Waals surface area contributed by atoms with Crippen LogP contribution < -0.4 is 0 Å². The molecule has 0 aliphatic rings. The van der Waals surface area contributed by atoms with Gasteiger partial charge in [-0.3, -0.25) is 14.4 Å². The number of hydrogen-bond acceptors (Lipinski definition) is 6. The van der Waals surface area contributed by atoms with E-state index < -0.39 is 12.1 Å². The van der Waals surface area contributed by atoms with Crippen molar-refractivity contribution < 1.29 is 28.6 Å². The average Bonchev–Trinajstić information content (AvgIpc) is 3.47. The van der Waals surface area contributed by atoms with Crippen molar-refractivity contribution >= 4 is 17.9 Å². The second kappa shape index (κ2) is 69.1. The third-order valence-electron chi connectivity index (χ3n) is 15.4. The van der Waals surface area contributed by atoms with Crippen LogP contribution in [-0.2, 0) is 28.6 Å². The van der Waals surface area contributed by atoms with Crippen LogP contribution in [0.3, 0.4) is 0 Å². The maximum absolute atomic E-state index is 12.8. The summed E-state index contributed by atoms with van der Waals surface area (Å²) in [5, 5.41) is 0. The van der Waals surface area contributed by atoms with Crippen molar-refractivity contribution in [2.24, 2.45) is 0 Å². The monoisotopic (exact) mass is 1130 g/mol. The highest BCUT2D eigenvalue weighted by Crippen LogP contribution is 2.18. The standard InChI is InChI=1S/C75H132O6/c1-4-7-10-13-16-19-22-25-28-29-30-31-32-33-34-35-36-37-38-39-40-41-42-43-44-45-48-50-53-56-59-62-65-68-74(77)80-71-72(81-75(78)69-66-63-60-57-54-51-47-27-24-21-18-15-12-9-6-3)70-79-73(76)67-64-61-58-55-52-49-46-26-23-20-17-14-11-8-5-2/h9,12,18,21-22,25,27,29-30,47,54,57,63,66,72H,4-8,10-11,13-17,19-20,23-24,26,28,31-46,48-53,55-56,58-62,64-65,67-71H2,1-3H3/b12-9-,21-18-,25-22-,30-29-,47-27-,57-54-,66-63-. The zero-order valence-electron chi connectivity index (χ0n) is 53.8. The van der Waals surface area contributed by atoms with Crippen LogP contribution in [0.1, 0.15) is 355 Å². The molecule has 0 aliphatic heterocycles. The van der Waals surface area contributed by atoms with E-state index in [1.54, 1.807) is 6.08 Å². The number of unbranched alkanes of at least 4 members (excludes halogenated alkanes) is 40. The molecule has 0 aliphatic carbocycles. The molecule has 6 heteroatoms. The van der Waals surface area contributed by atoms with Gasteiger partial charge in [-0.05, 0) is 77.0 Å². The minimum absolute atomic E-state index is 0.100. The summed E-state index contributed by atoms with van der Waals surface area (Å²) in [7, 11) is 0. The van der Waals surface area contributed by atoms with Crippen LogP contribution in [0.5, 0.6) is 0 Å². The molecule has 0 amide bonds. The second-order valence-electron chi connectivity index (χ2n) is 23.4. The van der Waals surface area contributed by atoms with E-state index in [1.165, 1.54) is 238 Å². The first-order chi connectivity index (χ1) is 40.0. The summed E-state index contributed by atoms with van der Waals surface area (Å²) in [5.41, 5.74) is 0. The van der Waals surface area contributed by atoms with E-state index in [0.29, 0.717) is 12.8 Å². The fraction of sp³-hybridized carbons (Fsp3) is 0.773. The van der Waals surface area contributed by atoms with Crippen LogP contribution in [0.25, 0.3) is 0 Å². The summed E-state index contributed by atoms with van der Waals surface area (Å²) in [4.78, 5) is 38.3. The molecule has 0 spiro atoms. The van der Waals surface area contributed by atoms with Crippen molar-refractivity contribution in [2.45, 2.75) is 361 Å². The minimum Gasteiger partial charge on any atom is -0.462 e. The Bertz CT molecular complexity index is 1530. The van der Waals surface area contributed by atoms with Crippen LogP contribution in [0.2, 0.25) is 0 Å². The van der Waals surface area contributed by atoms with E-state index >= 15 is 0 Å². The Morgan fingerprint density at radius 1 is 0.272 bits per heavy atom. The minimum atomic E-state index is -0.829. The lowest BCUT2D eigenvalue weighted by Gasteiger charge is -2.18. The molecule has 0 N–H and O–H groups in total. The number of rotatable bonds is 64. The number of ether oxygens (including phenoxy) is 3. The summed E-state index contributed by atoms with van der Waals surface area (Å²) in [6.45, 7) is 6.48. The number of hydrogen-bond donors (Lipinski definition) is 0. The average molecular weight is 1130 g/mol. The summed E-state index contributed by atoms with van der Waals surface area (Å²) < 4.78 is 16.8. The Morgan fingerprint density at radius 2 is 0.519 bits per heavy atom. The molecule has 0 bridgehead atoms. The SMILES string of the molecule is CC/C=C\C/C=C\C/C=C\C/C=C\C/C=C\CC(=O)OC(COC(=O)CCCCCCCCCCCCCCCCC)COC(=O)CCCCCCCCCCCCCCCCCCCCCCC/C=C\C/C=C\CCCCCCC. The lowest BCUT2D eigenvalue weighted by molar-refractivity contribution is -0.166. The molecule has 0 aromatic heterocycles. The van der Waals surface area contributed by atoms with Gasteiger partial charge in [0.05, 0.1) is 6.42 Å². The van der Waals surface area contributed by atoms with Gasteiger partial charge in [-0.1, -0.05) is 343 Å². The predicted molar refractivity (Wildman–Crippen MR) is 353 cm³/mol. The highest BCUT2D eigenvalue weighted by molar-refractivity contribution is 5.72. The predicted octanol–water partition coefficient (Wildman–Crippen LogP) is 24.2. The molecule has 0 saturated heterocycles. The molecule has 81 heavy (non-hydrogen) atoms. The molecule has 0 rings (SSSR count). The highest BCUT2D eigenvalue weighted by atomic mass is 16.6. The van der Waals surface area contributed by atoms with E-state index in [1.807, 2.05) is 6.08 Å². The van der Waals surface area contributed by atoms with Crippen LogP contribution in [0.4, 0.5) is 0 Å². The summed E-state index contributed by atoms with van der Waals surface area (Å²) in [5.74, 6) is -1.02. The van der Waals surface area contributed by atoms with Gasteiger partial charge in [0.2, 0.25) is 0 Å². The Hall–Kier alpha value is -3.41. The molecule has 0 heterocycles. The van der Waals surface area contributed by atoms with E-state index in [-0.39, 0.29) is 31.6 Å². The first-order valence-electron chi connectivity index (χ1n) is 35.1. The molecular formula is C75H132O6. The van der Waals surface area contributed by atoms with Crippen LogP contribution in [0.15, 0.2) is 85.1 Å². The number of carbonyl (C=O) groups excluding carboxylic acids is 3. The number of esters is 3. The van der Waals surface area contributed by atoms with Gasteiger partial charge in [0.15, 0.2) is 6.10 Å². The summed E-state index contributed by atoms with van der Waals surface area (Å²) in [6, 6.07) is 0. The molecule has 0 radical (unpaired) electrons. The lowest BCUT2D eigenvalue weighted by Crippen LogP contribution is -2.30. The van der Waals surface area contributed by atoms with Gasteiger partial charge >= 0.3 is 17.9 Å². The Labute approximate surface area is 503 Å². The third-order valence-corrected chi connectivity index (χ3v) is 15.4. The summed E-state index contributed by atoms with van der Waals surface area (Å²) in [6.07, 6.45) is 92.3. The first-order valence-corrected chi connectivity index (χ1v) is 35.1. The van der Waals surface area contributed by atoms with Gasteiger partial charge in [0.25, 0.3) is 0 Å². The van der Waals surface area contributed by atoms with Gasteiger partial charge in [-0.2, -0.15) is 0 Å². The first kappa shape index (κ1) is 77.6. The van der Waals surface area contributed by atoms with Crippen molar-refractivity contribution in [3.63, 3.8) is 0 Å². The molecule has 0 saturated carbocycles. The van der Waals surface area contributed by atoms with Crippen molar-refractivity contribution in [1.82, 2.24) is 0 Å². The van der Waals surface area contributed by atoms with Crippen molar-refractivity contribution in [3.05, 3.63) is 85.1 Å². The molecule has 6 nitrogen and oxygen atoms in total. The van der Waals surface area contributed by atoms with Crippen LogP contribution in [0, 0.1) is 0 Å². The summed E-state index contributed by atoms with van der Waals surface area (Å²) >= 11 is 0. The fourth-order valence-corrected chi connectivity index (χ4v) is 10.2. The molecule has 0 fully saturated rings. The van der Waals surface area contributed by atoms with Gasteiger partial charge in [0, 0.05) is 12.8 Å². The van der Waals surface area contributed by atoms with Gasteiger partial charge in [0.1, 0.15) is 13.2 Å². The van der Waals surface area contributed by atoms with Crippen molar-refractivity contribution in [1.29, 1.82) is 0 Å². The number of carbonyl (C=O) groups is 3. The topological polar surface area (TPSA) is 78.9 Å². The highest BCUT2D eigenvalue weighted by Gasteiger charge is 2.19. The molecule has 0 aromatic carbocycles. The van der Waals surface area contributed by atoms with E-state index in [4.69, 9.17) is 14.2 Å². The maximum Gasteiger partial charge on any atom is 0.310 e. The van der Waals surface area contributed by atoms with Crippen molar-refractivity contribution in [3.8, 4) is 0 Å². The van der Waals surface area contributed by atoms with Gasteiger partial charge in [-0.25, -0.2) is 0 Å². The Kier molecular flexibility index (Phi) is 66.2. The van der Waals surface area contributed by atoms with E-state index in [0.717, 1.165) is 77.0 Å². The molecule has 1 atom stereocenters. The molecule has 0 aromatic rings. The molecule has 1 unspecified atom stereocenters. The third kappa shape index (κ3) is 67.3. The molecular weight excluding hydrogens is 997 g/mol. The van der Waals surface area contributed by atoms with Crippen LogP contribution >= 0.6 is 0 Å². The van der Waals surface area contributed by atoms with E-state index in [9.17, 15) is 14.4 Å². The zero-order valence-corrected chi connectivity index (χ0v) is 53.8. The maximum atomic E-state index is 12.8. The van der Waals surface area contributed by atoms with E-state index in [2.05, 4.69) is 93.7 Å². The van der Waals surface area contributed by atoms with Crippen molar-refractivity contribution in [2.75, 3.05) is 13.2 Å². The fourth-order valence-electron chi connectivity index (χ4n) is 10.2. The lowest BCUT2D eigenvalue weighted by atomic mass is 10.0. The Morgan fingerprint density at radius 3 is 0.815 bits per heavy atom. The van der Waals surface area contributed by atoms with Crippen LogP contribution in [-0.4, -0.2) is 37.2 Å². The quantitative estimate of drug-likeness (QED) is 0.0261. The second-order valence-corrected chi connectivity index (χ2v) is 23.4. The molecule has 468 valence electrons. The largest absolute Gasteiger partial charge is 0.462 e. The zero-order chi connectivity index (χ0) is 58.5. The van der Waals surface area contributed by atoms with Gasteiger partial charge < -0.3 is 14.2 Å². The smallest absolute Gasteiger partial charge is 0.310 e. The van der Waals surface area contributed by atoms with Gasteiger partial charge in [-0.15, -0.1) is 0 Å². The Balaban J connectivity index is 4.19. The normalized spacial score (nSPS) is 12.6.